The highest BCUT2D eigenvalue weighted by molar-refractivity contribution is 7.14. The Morgan fingerprint density at radius 3 is 2.67 bits per heavy atom. The van der Waals surface area contributed by atoms with E-state index >= 15 is 0 Å². The van der Waals surface area contributed by atoms with Crippen LogP contribution < -0.4 is 9.80 Å². The monoisotopic (exact) mass is 342 g/mol. The average Bonchev–Trinajstić information content (AvgIpc) is 3.21. The lowest BCUT2D eigenvalue weighted by Crippen LogP contribution is -3.06. The molecule has 3 aromatic rings. The van der Waals surface area contributed by atoms with Crippen LogP contribution in [0.1, 0.15) is 18.4 Å². The van der Waals surface area contributed by atoms with E-state index in [1.165, 1.54) is 16.2 Å². The molecule has 5 nitrogen and oxygen atoms in total. The SMILES string of the molecule is CC(=O)N(c1ccccc1)c1nc(C[NH+](C)Cc2ccco2)cs1. The van der Waals surface area contributed by atoms with Crippen LogP contribution >= 0.6 is 11.3 Å². The molecule has 0 saturated heterocycles. The van der Waals surface area contributed by atoms with Crippen LogP contribution in [0.2, 0.25) is 0 Å². The molecule has 0 fully saturated rings. The number of aromatic nitrogens is 1. The van der Waals surface area contributed by atoms with Gasteiger partial charge in [-0.25, -0.2) is 4.98 Å². The fourth-order valence-electron chi connectivity index (χ4n) is 2.57. The van der Waals surface area contributed by atoms with Crippen molar-refractivity contribution in [1.29, 1.82) is 0 Å². The Kier molecular flexibility index (Phi) is 5.08. The maximum atomic E-state index is 12.1. The molecule has 1 amide bonds. The number of carbonyl (C=O) groups is 1. The number of amides is 1. The van der Waals surface area contributed by atoms with Gasteiger partial charge in [-0.1, -0.05) is 18.2 Å². The number of rotatable bonds is 6. The van der Waals surface area contributed by atoms with Gasteiger partial charge in [-0.15, -0.1) is 11.3 Å². The molecule has 24 heavy (non-hydrogen) atoms. The third-order valence-corrected chi connectivity index (χ3v) is 4.47. The highest BCUT2D eigenvalue weighted by Crippen LogP contribution is 2.28. The molecule has 6 heteroatoms. The van der Waals surface area contributed by atoms with Gasteiger partial charge in [0.15, 0.2) is 10.9 Å². The van der Waals surface area contributed by atoms with E-state index in [0.717, 1.165) is 30.2 Å². The molecule has 0 spiro atoms. The molecule has 124 valence electrons. The minimum absolute atomic E-state index is 0.0432. The van der Waals surface area contributed by atoms with Gasteiger partial charge in [0, 0.05) is 12.3 Å². The fraction of sp³-hybridized carbons (Fsp3) is 0.222. The van der Waals surface area contributed by atoms with Crippen molar-refractivity contribution in [1.82, 2.24) is 4.98 Å². The van der Waals surface area contributed by atoms with E-state index in [2.05, 4.69) is 12.0 Å². The molecular weight excluding hydrogens is 322 g/mol. The number of para-hydroxylation sites is 1. The first-order valence-corrected chi connectivity index (χ1v) is 8.65. The van der Waals surface area contributed by atoms with Gasteiger partial charge in [0.05, 0.1) is 19.0 Å². The van der Waals surface area contributed by atoms with E-state index in [9.17, 15) is 4.79 Å². The van der Waals surface area contributed by atoms with E-state index in [1.807, 2.05) is 47.8 Å². The Labute approximate surface area is 145 Å². The number of hydrogen-bond donors (Lipinski definition) is 1. The summed E-state index contributed by atoms with van der Waals surface area (Å²) in [6, 6.07) is 13.5. The molecule has 1 N–H and O–H groups in total. The third-order valence-electron chi connectivity index (χ3n) is 3.60. The molecule has 2 aromatic heterocycles. The smallest absolute Gasteiger partial charge is 0.230 e. The Morgan fingerprint density at radius 1 is 1.21 bits per heavy atom. The van der Waals surface area contributed by atoms with Gasteiger partial charge in [-0.05, 0) is 24.3 Å². The van der Waals surface area contributed by atoms with Gasteiger partial charge >= 0.3 is 0 Å². The fourth-order valence-corrected chi connectivity index (χ4v) is 3.45. The van der Waals surface area contributed by atoms with Crippen molar-refractivity contribution in [3.05, 3.63) is 65.6 Å². The summed E-state index contributed by atoms with van der Waals surface area (Å²) in [6.45, 7) is 3.13. The van der Waals surface area contributed by atoms with E-state index in [1.54, 1.807) is 18.1 Å². The number of carbonyl (C=O) groups excluding carboxylic acids is 1. The van der Waals surface area contributed by atoms with Crippen LogP contribution in [0.15, 0.2) is 58.5 Å². The van der Waals surface area contributed by atoms with Crippen molar-refractivity contribution < 1.29 is 14.1 Å². The van der Waals surface area contributed by atoms with Crippen molar-refractivity contribution >= 4 is 28.1 Å². The molecule has 1 aromatic carbocycles. The molecular formula is C18H20N3O2S+. The first kappa shape index (κ1) is 16.4. The predicted molar refractivity (Wildman–Crippen MR) is 94.4 cm³/mol. The molecule has 2 heterocycles. The zero-order valence-electron chi connectivity index (χ0n) is 13.7. The maximum Gasteiger partial charge on any atom is 0.230 e. The molecule has 3 rings (SSSR count). The Balaban J connectivity index is 1.72. The van der Waals surface area contributed by atoms with Crippen molar-refractivity contribution in [3.8, 4) is 0 Å². The lowest BCUT2D eigenvalue weighted by atomic mass is 10.3. The summed E-state index contributed by atoms with van der Waals surface area (Å²) in [6.07, 6.45) is 1.69. The lowest BCUT2D eigenvalue weighted by Gasteiger charge is -2.17. The highest BCUT2D eigenvalue weighted by Gasteiger charge is 2.18. The number of anilines is 2. The van der Waals surface area contributed by atoms with E-state index in [-0.39, 0.29) is 5.91 Å². The van der Waals surface area contributed by atoms with E-state index in [4.69, 9.17) is 4.42 Å². The summed E-state index contributed by atoms with van der Waals surface area (Å²) < 4.78 is 5.38. The molecule has 0 aliphatic rings. The maximum absolute atomic E-state index is 12.1. The second-order valence-corrected chi connectivity index (χ2v) is 6.54. The second kappa shape index (κ2) is 7.42. The average molecular weight is 342 g/mol. The summed E-state index contributed by atoms with van der Waals surface area (Å²) in [5.41, 5.74) is 1.81. The zero-order valence-corrected chi connectivity index (χ0v) is 14.5. The Bertz CT molecular complexity index is 784. The molecule has 0 aliphatic carbocycles. The number of nitrogens with one attached hydrogen (secondary N) is 1. The van der Waals surface area contributed by atoms with Crippen LogP contribution in [0.3, 0.4) is 0 Å². The predicted octanol–water partition coefficient (Wildman–Crippen LogP) is 2.64. The first-order chi connectivity index (χ1) is 11.6. The minimum Gasteiger partial charge on any atom is -0.463 e. The normalized spacial score (nSPS) is 12.1. The standard InChI is InChI=1S/C18H19N3O2S/c1-14(22)21(16-7-4-3-5-8-16)18-19-15(13-24-18)11-20(2)12-17-9-6-10-23-17/h3-10,13H,11-12H2,1-2H3/p+1. The first-order valence-electron chi connectivity index (χ1n) is 7.77. The summed E-state index contributed by atoms with van der Waals surface area (Å²) in [4.78, 5) is 19.6. The van der Waals surface area contributed by atoms with E-state index < -0.39 is 0 Å². The van der Waals surface area contributed by atoms with Crippen LogP contribution in [0, 0.1) is 0 Å². The number of furan rings is 1. The summed E-state index contributed by atoms with van der Waals surface area (Å²) >= 11 is 1.49. The molecule has 0 aliphatic heterocycles. The van der Waals surface area contributed by atoms with Crippen molar-refractivity contribution in [2.45, 2.75) is 20.0 Å². The molecule has 1 unspecified atom stereocenters. The van der Waals surface area contributed by atoms with Crippen LogP contribution in [0.25, 0.3) is 0 Å². The molecule has 0 saturated carbocycles. The number of thiazole rings is 1. The quantitative estimate of drug-likeness (QED) is 0.749. The van der Waals surface area contributed by atoms with Gasteiger partial charge in [0.2, 0.25) is 5.91 Å². The van der Waals surface area contributed by atoms with Gasteiger partial charge in [-0.2, -0.15) is 0 Å². The third kappa shape index (κ3) is 3.90. The summed E-state index contributed by atoms with van der Waals surface area (Å²) in [5.74, 6) is 0.913. The van der Waals surface area contributed by atoms with Gasteiger partial charge in [0.25, 0.3) is 0 Å². The van der Waals surface area contributed by atoms with E-state index in [0.29, 0.717) is 5.13 Å². The Morgan fingerprint density at radius 2 is 2.00 bits per heavy atom. The minimum atomic E-state index is -0.0432. The van der Waals surface area contributed by atoms with Crippen LogP contribution in [0.4, 0.5) is 10.8 Å². The number of hydrogen-bond acceptors (Lipinski definition) is 4. The summed E-state index contributed by atoms with van der Waals surface area (Å²) in [5, 5.41) is 2.72. The lowest BCUT2D eigenvalue weighted by molar-refractivity contribution is -0.909. The van der Waals surface area contributed by atoms with Gasteiger partial charge in [-0.3, -0.25) is 9.69 Å². The molecule has 0 radical (unpaired) electrons. The largest absolute Gasteiger partial charge is 0.463 e. The van der Waals surface area contributed by atoms with Gasteiger partial charge in [0.1, 0.15) is 18.8 Å². The number of benzene rings is 1. The van der Waals surface area contributed by atoms with Crippen LogP contribution in [-0.4, -0.2) is 17.9 Å². The van der Waals surface area contributed by atoms with Crippen LogP contribution in [-0.2, 0) is 17.9 Å². The molecule has 1 atom stereocenters. The Hall–Kier alpha value is -2.44. The topological polar surface area (TPSA) is 50.8 Å². The summed E-state index contributed by atoms with van der Waals surface area (Å²) in [7, 11) is 2.10. The number of nitrogens with zero attached hydrogens (tertiary/aromatic N) is 2. The second-order valence-electron chi connectivity index (χ2n) is 5.70. The number of quaternary nitrogens is 1. The van der Waals surface area contributed by atoms with Crippen molar-refractivity contribution in [2.24, 2.45) is 0 Å². The van der Waals surface area contributed by atoms with Crippen molar-refractivity contribution in [2.75, 3.05) is 11.9 Å². The highest BCUT2D eigenvalue weighted by atomic mass is 32.1. The zero-order chi connectivity index (χ0) is 16.9. The van der Waals surface area contributed by atoms with Crippen molar-refractivity contribution in [3.63, 3.8) is 0 Å². The van der Waals surface area contributed by atoms with Crippen LogP contribution in [0.5, 0.6) is 0 Å². The van der Waals surface area contributed by atoms with Gasteiger partial charge < -0.3 is 9.32 Å². The molecule has 0 bridgehead atoms.